The number of hydrogen-bond acceptors (Lipinski definition) is 2. The number of hydrogen-bond donors (Lipinski definition) is 2. The van der Waals surface area contributed by atoms with Gasteiger partial charge in [-0.05, 0) is 18.2 Å². The Hall–Kier alpha value is -1.91. The Kier molecular flexibility index (Phi) is 3.38. The third-order valence-electron chi connectivity index (χ3n) is 1.82. The average Bonchev–Trinajstić information content (AvgIpc) is 2.16. The first-order valence-electron chi connectivity index (χ1n) is 4.27. The predicted molar refractivity (Wildman–Crippen MR) is 50.9 cm³/mol. The van der Waals surface area contributed by atoms with Crippen LogP contribution in [0.4, 0.5) is 4.39 Å². The zero-order chi connectivity index (χ0) is 11.4. The number of amides is 1. The summed E-state index contributed by atoms with van der Waals surface area (Å²) in [5.41, 5.74) is 0.154. The van der Waals surface area contributed by atoms with Gasteiger partial charge >= 0.3 is 5.97 Å². The summed E-state index contributed by atoms with van der Waals surface area (Å²) < 4.78 is 13.1. The minimum absolute atomic E-state index is 0.00301. The van der Waals surface area contributed by atoms with E-state index in [1.807, 2.05) is 0 Å². The van der Waals surface area contributed by atoms with Crippen LogP contribution in [0.2, 0.25) is 0 Å². The third-order valence-corrected chi connectivity index (χ3v) is 1.82. The van der Waals surface area contributed by atoms with Crippen molar-refractivity contribution in [2.45, 2.75) is 13.5 Å². The van der Waals surface area contributed by atoms with Crippen LogP contribution in [0.15, 0.2) is 18.2 Å². The predicted octanol–water partition coefficient (Wildman–Crippen LogP) is 1.16. The number of carbonyl (C=O) groups is 2. The van der Waals surface area contributed by atoms with E-state index in [9.17, 15) is 14.0 Å². The van der Waals surface area contributed by atoms with E-state index in [4.69, 9.17) is 5.11 Å². The van der Waals surface area contributed by atoms with Gasteiger partial charge in [-0.3, -0.25) is 4.79 Å². The summed E-state index contributed by atoms with van der Waals surface area (Å²) in [6.07, 6.45) is 0. The van der Waals surface area contributed by atoms with E-state index in [0.29, 0.717) is 0 Å². The summed E-state index contributed by atoms with van der Waals surface area (Å²) in [5.74, 6) is -1.96. The van der Waals surface area contributed by atoms with E-state index in [1.54, 1.807) is 0 Å². The maximum Gasteiger partial charge on any atom is 0.335 e. The molecule has 1 amide bonds. The van der Waals surface area contributed by atoms with E-state index in [0.717, 1.165) is 6.07 Å². The van der Waals surface area contributed by atoms with E-state index < -0.39 is 11.8 Å². The molecule has 4 nitrogen and oxygen atoms in total. The highest BCUT2D eigenvalue weighted by Gasteiger charge is 2.08. The molecule has 0 aliphatic heterocycles. The number of halogens is 1. The molecule has 0 bridgehead atoms. The highest BCUT2D eigenvalue weighted by atomic mass is 19.1. The Balaban J connectivity index is 2.90. The van der Waals surface area contributed by atoms with Crippen LogP contribution in [0.25, 0.3) is 0 Å². The molecule has 1 aromatic carbocycles. The van der Waals surface area contributed by atoms with E-state index in [1.165, 1.54) is 19.1 Å². The molecule has 1 aromatic rings. The molecule has 0 saturated carbocycles. The summed E-state index contributed by atoms with van der Waals surface area (Å²) in [5, 5.41) is 11.1. The molecule has 0 fully saturated rings. The van der Waals surface area contributed by atoms with Crippen LogP contribution in [-0.2, 0) is 11.3 Å². The van der Waals surface area contributed by atoms with Crippen LogP contribution < -0.4 is 5.32 Å². The molecule has 15 heavy (non-hydrogen) atoms. The number of aromatic carboxylic acids is 1. The smallest absolute Gasteiger partial charge is 0.335 e. The minimum atomic E-state index is -1.13. The van der Waals surface area contributed by atoms with E-state index in [-0.39, 0.29) is 23.6 Å². The number of carboxylic acid groups (broad SMARTS) is 1. The Labute approximate surface area is 85.7 Å². The molecule has 5 heteroatoms. The van der Waals surface area contributed by atoms with Crippen LogP contribution in [0.3, 0.4) is 0 Å². The van der Waals surface area contributed by atoms with Crippen molar-refractivity contribution >= 4 is 11.9 Å². The molecule has 0 aromatic heterocycles. The summed E-state index contributed by atoms with van der Waals surface area (Å²) >= 11 is 0. The molecule has 0 aliphatic rings. The quantitative estimate of drug-likeness (QED) is 0.788. The average molecular weight is 211 g/mol. The van der Waals surface area contributed by atoms with Gasteiger partial charge in [-0.1, -0.05) is 0 Å². The monoisotopic (exact) mass is 211 g/mol. The van der Waals surface area contributed by atoms with Gasteiger partial charge in [-0.15, -0.1) is 0 Å². The maximum absolute atomic E-state index is 13.1. The molecule has 0 unspecified atom stereocenters. The Bertz CT molecular complexity index is 404. The lowest BCUT2D eigenvalue weighted by Crippen LogP contribution is -2.20. The summed E-state index contributed by atoms with van der Waals surface area (Å²) in [7, 11) is 0. The van der Waals surface area contributed by atoms with Crippen molar-refractivity contribution in [2.24, 2.45) is 0 Å². The first kappa shape index (κ1) is 11.2. The highest BCUT2D eigenvalue weighted by Crippen LogP contribution is 2.10. The van der Waals surface area contributed by atoms with Gasteiger partial charge in [-0.25, -0.2) is 9.18 Å². The van der Waals surface area contributed by atoms with Gasteiger partial charge in [0.15, 0.2) is 0 Å². The van der Waals surface area contributed by atoms with Crippen LogP contribution in [0.1, 0.15) is 22.8 Å². The van der Waals surface area contributed by atoms with Crippen molar-refractivity contribution in [3.8, 4) is 0 Å². The second-order valence-corrected chi connectivity index (χ2v) is 3.02. The fourth-order valence-electron chi connectivity index (χ4n) is 1.06. The number of carbonyl (C=O) groups excluding carboxylic acids is 1. The molecule has 0 heterocycles. The molecule has 1 rings (SSSR count). The number of nitrogens with one attached hydrogen (secondary N) is 1. The summed E-state index contributed by atoms with van der Waals surface area (Å²) in [6, 6.07) is 3.45. The van der Waals surface area contributed by atoms with Gasteiger partial charge in [0.2, 0.25) is 5.91 Å². The second kappa shape index (κ2) is 4.54. The SMILES string of the molecule is CC(=O)NCc1cc(C(=O)O)ccc1F. The largest absolute Gasteiger partial charge is 0.478 e. The lowest BCUT2D eigenvalue weighted by Gasteiger charge is -2.04. The fraction of sp³-hybridized carbons (Fsp3) is 0.200. The molecule has 80 valence electrons. The summed E-state index contributed by atoms with van der Waals surface area (Å²) in [6.45, 7) is 1.29. The van der Waals surface area contributed by atoms with Crippen LogP contribution in [-0.4, -0.2) is 17.0 Å². The number of rotatable bonds is 3. The molecular weight excluding hydrogens is 201 g/mol. The number of carboxylic acids is 1. The van der Waals surface area contributed by atoms with Gasteiger partial charge in [0.05, 0.1) is 5.56 Å². The first-order chi connectivity index (χ1) is 7.00. The molecular formula is C10H10FNO3. The van der Waals surface area contributed by atoms with Crippen molar-refractivity contribution in [3.63, 3.8) is 0 Å². The first-order valence-corrected chi connectivity index (χ1v) is 4.27. The van der Waals surface area contributed by atoms with Gasteiger partial charge in [0, 0.05) is 19.0 Å². The lowest BCUT2D eigenvalue weighted by molar-refractivity contribution is -0.119. The second-order valence-electron chi connectivity index (χ2n) is 3.02. The molecule has 0 saturated heterocycles. The zero-order valence-electron chi connectivity index (χ0n) is 8.08. The van der Waals surface area contributed by atoms with Crippen molar-refractivity contribution < 1.29 is 19.1 Å². The van der Waals surface area contributed by atoms with Gasteiger partial charge in [0.1, 0.15) is 5.82 Å². The highest BCUT2D eigenvalue weighted by molar-refractivity contribution is 5.87. The standard InChI is InChI=1S/C10H10FNO3/c1-6(13)12-5-8-4-7(10(14)15)2-3-9(8)11/h2-4H,5H2,1H3,(H,12,13)(H,14,15). The Morgan fingerprint density at radius 1 is 1.47 bits per heavy atom. The molecule has 0 spiro atoms. The van der Waals surface area contributed by atoms with Gasteiger partial charge in [0.25, 0.3) is 0 Å². The summed E-state index contributed by atoms with van der Waals surface area (Å²) in [4.78, 5) is 21.2. The fourth-order valence-corrected chi connectivity index (χ4v) is 1.06. The van der Waals surface area contributed by atoms with Crippen molar-refractivity contribution in [1.82, 2.24) is 5.32 Å². The molecule has 0 atom stereocenters. The minimum Gasteiger partial charge on any atom is -0.478 e. The lowest BCUT2D eigenvalue weighted by atomic mass is 10.1. The topological polar surface area (TPSA) is 66.4 Å². The van der Waals surface area contributed by atoms with Crippen molar-refractivity contribution in [1.29, 1.82) is 0 Å². The third kappa shape index (κ3) is 3.05. The van der Waals surface area contributed by atoms with Crippen LogP contribution in [0.5, 0.6) is 0 Å². The molecule has 0 radical (unpaired) electrons. The Morgan fingerprint density at radius 2 is 2.13 bits per heavy atom. The van der Waals surface area contributed by atoms with E-state index in [2.05, 4.69) is 5.32 Å². The van der Waals surface area contributed by atoms with Crippen molar-refractivity contribution in [2.75, 3.05) is 0 Å². The number of benzene rings is 1. The Morgan fingerprint density at radius 3 is 2.67 bits per heavy atom. The van der Waals surface area contributed by atoms with E-state index >= 15 is 0 Å². The normalized spacial score (nSPS) is 9.73. The van der Waals surface area contributed by atoms with Crippen LogP contribution in [0, 0.1) is 5.82 Å². The van der Waals surface area contributed by atoms with Crippen LogP contribution >= 0.6 is 0 Å². The maximum atomic E-state index is 13.1. The van der Waals surface area contributed by atoms with Gasteiger partial charge in [-0.2, -0.15) is 0 Å². The zero-order valence-corrected chi connectivity index (χ0v) is 8.08. The molecule has 2 N–H and O–H groups in total. The molecule has 0 aliphatic carbocycles. The van der Waals surface area contributed by atoms with Gasteiger partial charge < -0.3 is 10.4 Å². The van der Waals surface area contributed by atoms with Crippen molar-refractivity contribution in [3.05, 3.63) is 35.1 Å².